The minimum Gasteiger partial charge on any atom is -0.474 e. The van der Waals surface area contributed by atoms with E-state index in [1.54, 1.807) is 0 Å². The van der Waals surface area contributed by atoms with Gasteiger partial charge in [0.1, 0.15) is 17.7 Å². The molecule has 0 saturated heterocycles. The van der Waals surface area contributed by atoms with Crippen LogP contribution in [0.2, 0.25) is 0 Å². The summed E-state index contributed by atoms with van der Waals surface area (Å²) in [5.41, 5.74) is 3.51. The number of aryl methyl sites for hydroxylation is 1. The smallest absolute Gasteiger partial charge is 0.222 e. The quantitative estimate of drug-likeness (QED) is 0.646. The van der Waals surface area contributed by atoms with Gasteiger partial charge in [0.15, 0.2) is 0 Å². The summed E-state index contributed by atoms with van der Waals surface area (Å²) in [5, 5.41) is 0. The van der Waals surface area contributed by atoms with Gasteiger partial charge in [-0.15, -0.1) is 0 Å². The molecule has 1 aromatic heterocycles. The number of hydrazine groups is 1. The summed E-state index contributed by atoms with van der Waals surface area (Å²) in [6.45, 7) is 6.25. The molecule has 2 atom stereocenters. The summed E-state index contributed by atoms with van der Waals surface area (Å²) < 4.78 is 6.09. The second-order valence-corrected chi connectivity index (χ2v) is 5.43. The largest absolute Gasteiger partial charge is 0.474 e. The summed E-state index contributed by atoms with van der Waals surface area (Å²) in [4.78, 5) is 8.84. The molecule has 0 radical (unpaired) electrons. The Bertz CT molecular complexity index is 436. The van der Waals surface area contributed by atoms with Crippen LogP contribution in [-0.2, 0) is 6.42 Å². The molecule has 1 saturated carbocycles. The van der Waals surface area contributed by atoms with Crippen molar-refractivity contribution in [3.05, 3.63) is 11.4 Å². The van der Waals surface area contributed by atoms with E-state index in [0.717, 1.165) is 36.6 Å². The maximum atomic E-state index is 6.09. The first kappa shape index (κ1) is 14.1. The van der Waals surface area contributed by atoms with Crippen LogP contribution < -0.4 is 16.0 Å². The predicted molar refractivity (Wildman–Crippen MR) is 76.0 cm³/mol. The van der Waals surface area contributed by atoms with E-state index in [9.17, 15) is 0 Å². The van der Waals surface area contributed by atoms with E-state index < -0.39 is 0 Å². The molecule has 0 spiro atoms. The number of aromatic nitrogens is 2. The van der Waals surface area contributed by atoms with Crippen molar-refractivity contribution in [1.82, 2.24) is 9.97 Å². The molecule has 106 valence electrons. The van der Waals surface area contributed by atoms with Crippen molar-refractivity contribution in [3.8, 4) is 5.88 Å². The molecule has 0 aliphatic heterocycles. The molecule has 0 amide bonds. The molecule has 2 unspecified atom stereocenters. The lowest BCUT2D eigenvalue weighted by Gasteiger charge is -2.27. The Morgan fingerprint density at radius 2 is 2.16 bits per heavy atom. The average Bonchev–Trinajstić information content (AvgIpc) is 2.41. The molecule has 3 N–H and O–H groups in total. The number of nitrogens with zero attached hydrogens (tertiary/aromatic N) is 2. The highest BCUT2D eigenvalue weighted by molar-refractivity contribution is 5.47. The molecule has 5 nitrogen and oxygen atoms in total. The molecular weight excluding hydrogens is 240 g/mol. The summed E-state index contributed by atoms with van der Waals surface area (Å²) in [6.07, 6.45) is 5.80. The lowest BCUT2D eigenvalue weighted by atomic mass is 9.89. The van der Waals surface area contributed by atoms with Gasteiger partial charge in [-0.3, -0.25) is 0 Å². The van der Waals surface area contributed by atoms with E-state index in [0.29, 0.717) is 11.7 Å². The van der Waals surface area contributed by atoms with E-state index in [-0.39, 0.29) is 6.10 Å². The summed E-state index contributed by atoms with van der Waals surface area (Å²) in [6, 6.07) is 0. The zero-order chi connectivity index (χ0) is 13.8. The van der Waals surface area contributed by atoms with E-state index in [2.05, 4.69) is 22.3 Å². The van der Waals surface area contributed by atoms with Crippen LogP contribution in [0, 0.1) is 12.8 Å². The number of hydrogen-bond acceptors (Lipinski definition) is 5. The van der Waals surface area contributed by atoms with Gasteiger partial charge < -0.3 is 10.2 Å². The molecule has 0 bridgehead atoms. The summed E-state index contributed by atoms with van der Waals surface area (Å²) in [5.74, 6) is 8.34. The van der Waals surface area contributed by atoms with Crippen LogP contribution in [0.4, 0.5) is 5.82 Å². The maximum Gasteiger partial charge on any atom is 0.222 e. The summed E-state index contributed by atoms with van der Waals surface area (Å²) in [7, 11) is 0. The first-order valence-electron chi connectivity index (χ1n) is 7.14. The fourth-order valence-electron chi connectivity index (χ4n) is 2.60. The zero-order valence-corrected chi connectivity index (χ0v) is 12.1. The van der Waals surface area contributed by atoms with Gasteiger partial charge in [0.2, 0.25) is 5.88 Å². The molecule has 1 aromatic rings. The standard InChI is InChI=1S/C14H24N4O/c1-4-12-16-13(18-15)10(3)14(17-12)19-11-7-5-6-9(2)8-11/h9,11H,4-8,15H2,1-3H3,(H,16,17,18). The van der Waals surface area contributed by atoms with Gasteiger partial charge >= 0.3 is 0 Å². The molecule has 0 aromatic carbocycles. The number of anilines is 1. The highest BCUT2D eigenvalue weighted by Gasteiger charge is 2.22. The fraction of sp³-hybridized carbons (Fsp3) is 0.714. The molecule has 1 heterocycles. The lowest BCUT2D eigenvalue weighted by Crippen LogP contribution is -2.25. The normalized spacial score (nSPS) is 23.2. The molecule has 19 heavy (non-hydrogen) atoms. The number of hydrogen-bond donors (Lipinski definition) is 2. The molecule has 2 rings (SSSR count). The SMILES string of the molecule is CCc1nc(NN)c(C)c(OC2CCCC(C)C2)n1. The van der Waals surface area contributed by atoms with Gasteiger partial charge in [0.05, 0.1) is 5.56 Å². The Morgan fingerprint density at radius 1 is 1.37 bits per heavy atom. The molecule has 1 aliphatic rings. The first-order chi connectivity index (χ1) is 9.13. The third kappa shape index (κ3) is 3.35. The van der Waals surface area contributed by atoms with Crippen LogP contribution in [0.5, 0.6) is 5.88 Å². The Balaban J connectivity index is 2.18. The Kier molecular flexibility index (Phi) is 4.58. The van der Waals surface area contributed by atoms with Crippen molar-refractivity contribution in [2.75, 3.05) is 5.43 Å². The molecule has 5 heteroatoms. The number of rotatable bonds is 4. The van der Waals surface area contributed by atoms with Crippen LogP contribution in [0.25, 0.3) is 0 Å². The van der Waals surface area contributed by atoms with Gasteiger partial charge in [0.25, 0.3) is 0 Å². The van der Waals surface area contributed by atoms with E-state index in [1.807, 2.05) is 13.8 Å². The van der Waals surface area contributed by atoms with Crippen molar-refractivity contribution >= 4 is 5.82 Å². The van der Waals surface area contributed by atoms with Gasteiger partial charge in [0, 0.05) is 6.42 Å². The van der Waals surface area contributed by atoms with Crippen LogP contribution in [0.15, 0.2) is 0 Å². The average molecular weight is 264 g/mol. The van der Waals surface area contributed by atoms with Crippen LogP contribution >= 0.6 is 0 Å². The van der Waals surface area contributed by atoms with Crippen LogP contribution in [0.1, 0.15) is 50.9 Å². The fourth-order valence-corrected chi connectivity index (χ4v) is 2.60. The van der Waals surface area contributed by atoms with Crippen molar-refractivity contribution in [1.29, 1.82) is 0 Å². The maximum absolute atomic E-state index is 6.09. The Morgan fingerprint density at radius 3 is 2.79 bits per heavy atom. The van der Waals surface area contributed by atoms with Crippen molar-refractivity contribution in [3.63, 3.8) is 0 Å². The Labute approximate surface area is 114 Å². The van der Waals surface area contributed by atoms with Gasteiger partial charge in [-0.1, -0.05) is 20.3 Å². The van der Waals surface area contributed by atoms with Crippen molar-refractivity contribution < 1.29 is 4.74 Å². The van der Waals surface area contributed by atoms with E-state index in [1.165, 1.54) is 12.8 Å². The third-order valence-corrected chi connectivity index (χ3v) is 3.77. The van der Waals surface area contributed by atoms with E-state index in [4.69, 9.17) is 10.6 Å². The predicted octanol–water partition coefficient (Wildman–Crippen LogP) is 2.59. The summed E-state index contributed by atoms with van der Waals surface area (Å²) >= 11 is 0. The highest BCUT2D eigenvalue weighted by Crippen LogP contribution is 2.29. The van der Waals surface area contributed by atoms with Crippen LogP contribution in [0.3, 0.4) is 0 Å². The Hall–Kier alpha value is -1.36. The topological polar surface area (TPSA) is 73.1 Å². The van der Waals surface area contributed by atoms with Crippen LogP contribution in [-0.4, -0.2) is 16.1 Å². The molecule has 1 fully saturated rings. The second-order valence-electron chi connectivity index (χ2n) is 5.43. The number of ether oxygens (including phenoxy) is 1. The molecular formula is C14H24N4O. The minimum absolute atomic E-state index is 0.271. The van der Waals surface area contributed by atoms with Gasteiger partial charge in [-0.25, -0.2) is 10.8 Å². The first-order valence-corrected chi connectivity index (χ1v) is 7.14. The van der Waals surface area contributed by atoms with E-state index >= 15 is 0 Å². The second kappa shape index (κ2) is 6.19. The highest BCUT2D eigenvalue weighted by atomic mass is 16.5. The zero-order valence-electron chi connectivity index (χ0n) is 12.1. The number of nitrogens with one attached hydrogen (secondary N) is 1. The number of nitrogen functional groups attached to an aromatic ring is 1. The third-order valence-electron chi connectivity index (χ3n) is 3.77. The monoisotopic (exact) mass is 264 g/mol. The lowest BCUT2D eigenvalue weighted by molar-refractivity contribution is 0.122. The minimum atomic E-state index is 0.271. The number of nitrogens with two attached hydrogens (primary N) is 1. The van der Waals surface area contributed by atoms with Gasteiger partial charge in [-0.05, 0) is 32.1 Å². The van der Waals surface area contributed by atoms with Crippen molar-refractivity contribution in [2.45, 2.75) is 59.0 Å². The van der Waals surface area contributed by atoms with Gasteiger partial charge in [-0.2, -0.15) is 4.98 Å². The van der Waals surface area contributed by atoms with Crippen molar-refractivity contribution in [2.24, 2.45) is 11.8 Å². The molecule has 1 aliphatic carbocycles.